The van der Waals surface area contributed by atoms with Crippen LogP contribution in [0.4, 0.5) is 11.4 Å². The van der Waals surface area contributed by atoms with Crippen molar-refractivity contribution in [3.05, 3.63) is 94.5 Å². The summed E-state index contributed by atoms with van der Waals surface area (Å²) in [7, 11) is 0. The third kappa shape index (κ3) is 6.88. The van der Waals surface area contributed by atoms with E-state index in [0.717, 1.165) is 5.56 Å². The number of carbonyl (C=O) groups excluding carboxylic acids is 2. The predicted molar refractivity (Wildman–Crippen MR) is 126 cm³/mol. The summed E-state index contributed by atoms with van der Waals surface area (Å²) in [5.41, 5.74) is 1.83. The molecule has 3 aromatic carbocycles. The van der Waals surface area contributed by atoms with Crippen LogP contribution in [0.1, 0.15) is 12.5 Å². The molecule has 0 radical (unpaired) electrons. The van der Waals surface area contributed by atoms with Crippen molar-refractivity contribution in [1.82, 2.24) is 0 Å². The predicted octanol–water partition coefficient (Wildman–Crippen LogP) is 6.05. The van der Waals surface area contributed by atoms with Gasteiger partial charge in [-0.2, -0.15) is 0 Å². The first-order chi connectivity index (χ1) is 14.9. The van der Waals surface area contributed by atoms with Gasteiger partial charge in [0.05, 0.1) is 5.69 Å². The van der Waals surface area contributed by atoms with Crippen LogP contribution >= 0.6 is 23.2 Å². The number of nitrogens with one attached hydrogen (secondary N) is 2. The lowest BCUT2D eigenvalue weighted by Crippen LogP contribution is -2.30. The van der Waals surface area contributed by atoms with Gasteiger partial charge in [0.2, 0.25) is 5.91 Å². The van der Waals surface area contributed by atoms with E-state index in [-0.39, 0.29) is 11.8 Å². The second-order valence-electron chi connectivity index (χ2n) is 6.64. The minimum atomic E-state index is -0.837. The monoisotopic (exact) mass is 454 g/mol. The number of halogens is 2. The molecule has 5 nitrogen and oxygen atoms in total. The number of benzene rings is 3. The van der Waals surface area contributed by atoms with Crippen molar-refractivity contribution in [3.8, 4) is 5.75 Å². The highest BCUT2D eigenvalue weighted by atomic mass is 35.5. The first-order valence-electron chi connectivity index (χ1n) is 9.47. The SMILES string of the molecule is CC(Oc1ccccc1NC(=O)/C=C/c1ccccc1)C(=O)Nc1cc(Cl)cc(Cl)c1. The summed E-state index contributed by atoms with van der Waals surface area (Å²) in [5, 5.41) is 6.30. The lowest BCUT2D eigenvalue weighted by molar-refractivity contribution is -0.122. The minimum absolute atomic E-state index is 0.314. The zero-order valence-corrected chi connectivity index (χ0v) is 18.2. The van der Waals surface area contributed by atoms with Gasteiger partial charge >= 0.3 is 0 Å². The molecule has 0 bridgehead atoms. The van der Waals surface area contributed by atoms with E-state index in [0.29, 0.717) is 27.2 Å². The van der Waals surface area contributed by atoms with Crippen LogP contribution in [0.2, 0.25) is 10.0 Å². The van der Waals surface area contributed by atoms with Crippen molar-refractivity contribution in [2.45, 2.75) is 13.0 Å². The fraction of sp³-hybridized carbons (Fsp3) is 0.0833. The molecule has 1 unspecified atom stereocenters. The maximum Gasteiger partial charge on any atom is 0.265 e. The van der Waals surface area contributed by atoms with Crippen molar-refractivity contribution < 1.29 is 14.3 Å². The van der Waals surface area contributed by atoms with Crippen molar-refractivity contribution in [1.29, 1.82) is 0 Å². The average molecular weight is 455 g/mol. The summed E-state index contributed by atoms with van der Waals surface area (Å²) >= 11 is 11.9. The van der Waals surface area contributed by atoms with E-state index in [1.165, 1.54) is 6.08 Å². The zero-order valence-electron chi connectivity index (χ0n) is 16.6. The van der Waals surface area contributed by atoms with E-state index in [2.05, 4.69) is 10.6 Å². The Morgan fingerprint density at radius 2 is 1.55 bits per heavy atom. The Balaban J connectivity index is 1.64. The fourth-order valence-corrected chi connectivity index (χ4v) is 3.22. The topological polar surface area (TPSA) is 67.4 Å². The summed E-state index contributed by atoms with van der Waals surface area (Å²) in [5.74, 6) is -0.329. The Morgan fingerprint density at radius 3 is 2.26 bits per heavy atom. The summed E-state index contributed by atoms with van der Waals surface area (Å²) in [6, 6.07) is 21.1. The molecular weight excluding hydrogens is 435 g/mol. The molecule has 0 spiro atoms. The van der Waals surface area contributed by atoms with Gasteiger partial charge in [-0.05, 0) is 48.9 Å². The number of hydrogen-bond acceptors (Lipinski definition) is 3. The van der Waals surface area contributed by atoms with Gasteiger partial charge in [-0.15, -0.1) is 0 Å². The molecule has 0 fully saturated rings. The molecule has 0 aromatic heterocycles. The number of carbonyl (C=O) groups is 2. The molecule has 2 N–H and O–H groups in total. The Kier molecular flexibility index (Phi) is 7.70. The van der Waals surface area contributed by atoms with Gasteiger partial charge < -0.3 is 15.4 Å². The summed E-state index contributed by atoms with van der Waals surface area (Å²) in [4.78, 5) is 24.8. The largest absolute Gasteiger partial charge is 0.479 e. The molecule has 0 saturated carbocycles. The van der Waals surface area contributed by atoms with Gasteiger partial charge in [-0.3, -0.25) is 9.59 Å². The van der Waals surface area contributed by atoms with Crippen LogP contribution in [0.5, 0.6) is 5.75 Å². The quantitative estimate of drug-likeness (QED) is 0.426. The Bertz CT molecular complexity index is 1080. The van der Waals surface area contributed by atoms with Crippen LogP contribution < -0.4 is 15.4 Å². The normalized spacial score (nSPS) is 11.7. The molecule has 1 atom stereocenters. The molecular formula is C24H20Cl2N2O3. The van der Waals surface area contributed by atoms with Gasteiger partial charge in [-0.25, -0.2) is 0 Å². The lowest BCUT2D eigenvalue weighted by atomic mass is 10.2. The van der Waals surface area contributed by atoms with E-state index in [1.54, 1.807) is 55.5 Å². The van der Waals surface area contributed by atoms with Crippen LogP contribution in [0, 0.1) is 0 Å². The number of hydrogen-bond donors (Lipinski definition) is 2. The first-order valence-corrected chi connectivity index (χ1v) is 10.2. The first kappa shape index (κ1) is 22.4. The molecule has 31 heavy (non-hydrogen) atoms. The number of anilines is 2. The lowest BCUT2D eigenvalue weighted by Gasteiger charge is -2.17. The highest BCUT2D eigenvalue weighted by Crippen LogP contribution is 2.26. The van der Waals surface area contributed by atoms with Gasteiger partial charge in [0, 0.05) is 21.8 Å². The third-order valence-electron chi connectivity index (χ3n) is 4.17. The van der Waals surface area contributed by atoms with Crippen LogP contribution in [0.3, 0.4) is 0 Å². The zero-order chi connectivity index (χ0) is 22.2. The van der Waals surface area contributed by atoms with Crippen molar-refractivity contribution in [2.75, 3.05) is 10.6 Å². The highest BCUT2D eigenvalue weighted by Gasteiger charge is 2.17. The van der Waals surface area contributed by atoms with E-state index < -0.39 is 6.10 Å². The number of amides is 2. The molecule has 7 heteroatoms. The van der Waals surface area contributed by atoms with Gasteiger partial charge in [0.1, 0.15) is 5.75 Å². The van der Waals surface area contributed by atoms with Gasteiger partial charge in [0.15, 0.2) is 6.10 Å². The smallest absolute Gasteiger partial charge is 0.265 e. The molecule has 3 aromatic rings. The van der Waals surface area contributed by atoms with Gasteiger partial charge in [0.25, 0.3) is 5.91 Å². The van der Waals surface area contributed by atoms with E-state index in [4.69, 9.17) is 27.9 Å². The van der Waals surface area contributed by atoms with Crippen LogP contribution in [-0.2, 0) is 9.59 Å². The molecule has 2 amide bonds. The van der Waals surface area contributed by atoms with Gasteiger partial charge in [-0.1, -0.05) is 65.7 Å². The summed E-state index contributed by atoms with van der Waals surface area (Å²) in [6.07, 6.45) is 2.31. The summed E-state index contributed by atoms with van der Waals surface area (Å²) in [6.45, 7) is 1.61. The molecule has 3 rings (SSSR count). The van der Waals surface area contributed by atoms with Crippen molar-refractivity contribution >= 4 is 52.5 Å². The average Bonchev–Trinajstić information content (AvgIpc) is 2.73. The van der Waals surface area contributed by atoms with E-state index in [1.807, 2.05) is 30.3 Å². The number of ether oxygens (including phenoxy) is 1. The number of rotatable bonds is 7. The van der Waals surface area contributed by atoms with E-state index >= 15 is 0 Å². The molecule has 0 saturated heterocycles. The van der Waals surface area contributed by atoms with Crippen LogP contribution in [0.25, 0.3) is 6.08 Å². The van der Waals surface area contributed by atoms with Crippen LogP contribution in [0.15, 0.2) is 78.9 Å². The van der Waals surface area contributed by atoms with E-state index in [9.17, 15) is 9.59 Å². The van der Waals surface area contributed by atoms with Crippen molar-refractivity contribution in [2.24, 2.45) is 0 Å². The summed E-state index contributed by atoms with van der Waals surface area (Å²) < 4.78 is 5.79. The molecule has 0 aliphatic carbocycles. The fourth-order valence-electron chi connectivity index (χ4n) is 2.70. The maximum atomic E-state index is 12.5. The third-order valence-corrected chi connectivity index (χ3v) is 4.61. The van der Waals surface area contributed by atoms with Crippen LogP contribution in [-0.4, -0.2) is 17.9 Å². The number of para-hydroxylation sites is 2. The Morgan fingerprint density at radius 1 is 0.903 bits per heavy atom. The minimum Gasteiger partial charge on any atom is -0.479 e. The molecule has 158 valence electrons. The molecule has 0 heterocycles. The second kappa shape index (κ2) is 10.7. The second-order valence-corrected chi connectivity index (χ2v) is 7.51. The van der Waals surface area contributed by atoms with Crippen molar-refractivity contribution in [3.63, 3.8) is 0 Å². The molecule has 0 aliphatic heterocycles. The standard InChI is InChI=1S/C24H20Cl2N2O3/c1-16(24(30)27-20-14-18(25)13-19(26)15-20)31-22-10-6-5-9-21(22)28-23(29)12-11-17-7-3-2-4-8-17/h2-16H,1H3,(H,27,30)(H,28,29)/b12-11+. The highest BCUT2D eigenvalue weighted by molar-refractivity contribution is 6.35. The molecule has 0 aliphatic rings. The Hall–Kier alpha value is -3.28. The Labute approximate surface area is 190 Å². The maximum absolute atomic E-state index is 12.5.